The molecule has 0 aliphatic carbocycles. The predicted octanol–water partition coefficient (Wildman–Crippen LogP) is 1.53. The van der Waals surface area contributed by atoms with Crippen LogP contribution in [0.2, 0.25) is 0 Å². The molecule has 2 amide bonds. The zero-order chi connectivity index (χ0) is 19.9. The van der Waals surface area contributed by atoms with Gasteiger partial charge in [-0.25, -0.2) is 15.0 Å². The molecule has 0 saturated heterocycles. The number of carbonyl (C=O) groups excluding carboxylic acids is 2. The summed E-state index contributed by atoms with van der Waals surface area (Å²) in [6.45, 7) is 3.63. The van der Waals surface area contributed by atoms with Gasteiger partial charge in [0.2, 0.25) is 5.91 Å². The normalized spacial score (nSPS) is 16.3. The van der Waals surface area contributed by atoms with E-state index < -0.39 is 0 Å². The van der Waals surface area contributed by atoms with E-state index in [1.807, 2.05) is 18.2 Å². The molecular weight excluding hydrogens is 356 g/mol. The maximum atomic E-state index is 13.0. The summed E-state index contributed by atoms with van der Waals surface area (Å²) in [5, 5.41) is 3.30. The number of rotatable bonds is 1. The summed E-state index contributed by atoms with van der Waals surface area (Å²) < 4.78 is 0. The molecule has 1 aliphatic heterocycles. The smallest absolute Gasteiger partial charge is 0.257 e. The first kappa shape index (κ1) is 19.7. The van der Waals surface area contributed by atoms with Gasteiger partial charge in [0.15, 0.2) is 0 Å². The molecule has 148 valence electrons. The highest BCUT2D eigenvalue weighted by Gasteiger charge is 2.22. The Hall–Kier alpha value is -3.03. The fourth-order valence-electron chi connectivity index (χ4n) is 3.13. The van der Waals surface area contributed by atoms with Crippen molar-refractivity contribution >= 4 is 17.6 Å². The van der Waals surface area contributed by atoms with Crippen LogP contribution in [0.25, 0.3) is 0 Å². The maximum absolute atomic E-state index is 13.0. The second-order valence-electron chi connectivity index (χ2n) is 6.96. The Kier molecular flexibility index (Phi) is 6.52. The highest BCUT2D eigenvalue weighted by molar-refractivity contribution is 5.97. The summed E-state index contributed by atoms with van der Waals surface area (Å²) in [7, 11) is 1.77. The quantitative estimate of drug-likeness (QED) is 0.804. The van der Waals surface area contributed by atoms with E-state index in [0.717, 1.165) is 30.9 Å². The van der Waals surface area contributed by atoms with Crippen LogP contribution in [0.3, 0.4) is 0 Å². The van der Waals surface area contributed by atoms with Crippen LogP contribution in [-0.4, -0.2) is 69.8 Å². The molecule has 1 N–H and O–H groups in total. The molecule has 3 heterocycles. The van der Waals surface area contributed by atoms with Crippen LogP contribution in [0, 0.1) is 6.92 Å². The van der Waals surface area contributed by atoms with E-state index in [1.165, 1.54) is 12.5 Å². The van der Waals surface area contributed by atoms with Crippen molar-refractivity contribution in [1.82, 2.24) is 24.8 Å². The number of aromatic nitrogens is 3. The minimum atomic E-state index is -0.213. The summed E-state index contributed by atoms with van der Waals surface area (Å²) in [5.74, 6) is 0.556. The third-order valence-corrected chi connectivity index (χ3v) is 4.83. The van der Waals surface area contributed by atoms with Gasteiger partial charge in [-0.3, -0.25) is 9.59 Å². The van der Waals surface area contributed by atoms with Gasteiger partial charge < -0.3 is 15.1 Å². The molecule has 8 heteroatoms. The Morgan fingerprint density at radius 1 is 1.21 bits per heavy atom. The second kappa shape index (κ2) is 9.25. The van der Waals surface area contributed by atoms with Crippen molar-refractivity contribution in [1.29, 1.82) is 0 Å². The molecule has 0 saturated carbocycles. The largest absolute Gasteiger partial charge is 0.370 e. The lowest BCUT2D eigenvalue weighted by molar-refractivity contribution is -0.130. The molecule has 28 heavy (non-hydrogen) atoms. The van der Waals surface area contributed by atoms with Gasteiger partial charge in [0.25, 0.3) is 5.91 Å². The summed E-state index contributed by atoms with van der Waals surface area (Å²) in [5.41, 5.74) is 2.01. The average molecular weight is 382 g/mol. The van der Waals surface area contributed by atoms with Crippen molar-refractivity contribution in [3.05, 3.63) is 47.7 Å². The number of hydrogen-bond donors (Lipinski definition) is 1. The van der Waals surface area contributed by atoms with E-state index in [9.17, 15) is 9.59 Å². The van der Waals surface area contributed by atoms with Gasteiger partial charge in [-0.05, 0) is 38.3 Å². The molecule has 2 bridgehead atoms. The summed E-state index contributed by atoms with van der Waals surface area (Å²) in [6.07, 6.45) is 5.18. The van der Waals surface area contributed by atoms with E-state index in [4.69, 9.17) is 0 Å². The number of nitrogens with one attached hydrogen (secondary N) is 1. The number of pyridine rings is 1. The molecule has 1 aliphatic rings. The highest BCUT2D eigenvalue weighted by Crippen LogP contribution is 2.12. The van der Waals surface area contributed by atoms with Crippen LogP contribution in [0.5, 0.6) is 0 Å². The number of fused-ring (bicyclic) bond motifs is 2. The molecule has 0 atom stereocenters. The Morgan fingerprint density at radius 2 is 2.07 bits per heavy atom. The van der Waals surface area contributed by atoms with Gasteiger partial charge in [-0.15, -0.1) is 0 Å². The topological polar surface area (TPSA) is 91.3 Å². The number of carbonyl (C=O) groups is 2. The molecular formula is C20H26N6O2. The molecule has 0 spiro atoms. The van der Waals surface area contributed by atoms with Gasteiger partial charge in [0.05, 0.1) is 11.3 Å². The second-order valence-corrected chi connectivity index (χ2v) is 6.96. The van der Waals surface area contributed by atoms with Crippen LogP contribution < -0.4 is 5.32 Å². The summed E-state index contributed by atoms with van der Waals surface area (Å²) in [4.78, 5) is 41.6. The van der Waals surface area contributed by atoms with E-state index in [-0.39, 0.29) is 18.4 Å². The zero-order valence-corrected chi connectivity index (χ0v) is 16.4. The SMILES string of the molecule is Cc1ncncc1C(=O)N1CCCc2cccc(n2)NCCCN(C)C(=O)C1. The summed E-state index contributed by atoms with van der Waals surface area (Å²) >= 11 is 0. The number of aryl methyl sites for hydroxylation is 2. The van der Waals surface area contributed by atoms with Crippen molar-refractivity contribution in [3.8, 4) is 0 Å². The van der Waals surface area contributed by atoms with Crippen LogP contribution in [0.1, 0.15) is 34.6 Å². The van der Waals surface area contributed by atoms with Crippen LogP contribution in [0.15, 0.2) is 30.7 Å². The van der Waals surface area contributed by atoms with Crippen molar-refractivity contribution < 1.29 is 9.59 Å². The third-order valence-electron chi connectivity index (χ3n) is 4.83. The monoisotopic (exact) mass is 382 g/mol. The van der Waals surface area contributed by atoms with E-state index in [0.29, 0.717) is 30.8 Å². The Morgan fingerprint density at radius 3 is 2.89 bits per heavy atom. The van der Waals surface area contributed by atoms with Crippen molar-refractivity contribution in [2.75, 3.05) is 38.5 Å². The van der Waals surface area contributed by atoms with Gasteiger partial charge in [0, 0.05) is 38.6 Å². The first-order valence-corrected chi connectivity index (χ1v) is 9.54. The molecule has 2 aromatic heterocycles. The Labute approximate surface area is 165 Å². The van der Waals surface area contributed by atoms with Crippen molar-refractivity contribution in [3.63, 3.8) is 0 Å². The number of hydrogen-bond acceptors (Lipinski definition) is 6. The van der Waals surface area contributed by atoms with Gasteiger partial charge >= 0.3 is 0 Å². The third kappa shape index (κ3) is 5.03. The molecule has 3 rings (SSSR count). The molecule has 0 aromatic carbocycles. The lowest BCUT2D eigenvalue weighted by Gasteiger charge is -2.26. The van der Waals surface area contributed by atoms with E-state index in [1.54, 1.807) is 23.8 Å². The first-order valence-electron chi connectivity index (χ1n) is 9.54. The molecule has 0 fully saturated rings. The summed E-state index contributed by atoms with van der Waals surface area (Å²) in [6, 6.07) is 5.91. The number of nitrogens with zero attached hydrogens (tertiary/aromatic N) is 5. The minimum absolute atomic E-state index is 0.0462. The van der Waals surface area contributed by atoms with Gasteiger partial charge in [0.1, 0.15) is 18.7 Å². The average Bonchev–Trinajstić information content (AvgIpc) is 2.70. The van der Waals surface area contributed by atoms with E-state index in [2.05, 4.69) is 20.3 Å². The number of anilines is 1. The van der Waals surface area contributed by atoms with Gasteiger partial charge in [-0.2, -0.15) is 0 Å². The fraction of sp³-hybridized carbons (Fsp3) is 0.450. The molecule has 8 nitrogen and oxygen atoms in total. The first-order chi connectivity index (χ1) is 13.5. The van der Waals surface area contributed by atoms with Crippen LogP contribution >= 0.6 is 0 Å². The molecule has 2 aromatic rings. The lowest BCUT2D eigenvalue weighted by atomic mass is 10.1. The maximum Gasteiger partial charge on any atom is 0.257 e. The molecule has 0 radical (unpaired) electrons. The Bertz CT molecular complexity index is 841. The van der Waals surface area contributed by atoms with Crippen LogP contribution in [-0.2, 0) is 11.2 Å². The van der Waals surface area contributed by atoms with E-state index >= 15 is 0 Å². The minimum Gasteiger partial charge on any atom is -0.370 e. The number of amides is 2. The number of likely N-dealkylation sites (N-methyl/N-ethyl adjacent to an activating group) is 1. The zero-order valence-electron chi connectivity index (χ0n) is 16.4. The molecule has 0 unspecified atom stereocenters. The standard InChI is InChI=1S/C20H26N6O2/c1-15-17(12-21-14-23-15)20(28)26-11-4-7-16-6-3-8-18(24-16)22-9-5-10-25(2)19(27)13-26/h3,6,8,12,14H,4-5,7,9-11,13H2,1-2H3,(H,22,24). The van der Waals surface area contributed by atoms with Gasteiger partial charge in [-0.1, -0.05) is 6.07 Å². The highest BCUT2D eigenvalue weighted by atomic mass is 16.2. The lowest BCUT2D eigenvalue weighted by Crippen LogP contribution is -2.43. The fourth-order valence-corrected chi connectivity index (χ4v) is 3.13. The van der Waals surface area contributed by atoms with Crippen LogP contribution in [0.4, 0.5) is 5.82 Å². The van der Waals surface area contributed by atoms with Crippen molar-refractivity contribution in [2.24, 2.45) is 0 Å². The Balaban J connectivity index is 1.80. The predicted molar refractivity (Wildman–Crippen MR) is 106 cm³/mol. The van der Waals surface area contributed by atoms with Crippen molar-refractivity contribution in [2.45, 2.75) is 26.2 Å².